The van der Waals surface area contributed by atoms with Crippen LogP contribution in [-0.4, -0.2) is 23.0 Å². The third-order valence-corrected chi connectivity index (χ3v) is 4.36. The first-order chi connectivity index (χ1) is 8.15. The standard InChI is InChI=1S/C13H18N2OS/c1-9-5-12(8-17-9)15-7-10-3-2-4-11(6-10)13(14)16/h2-4,6,9,12,15H,5,7-8H2,1H3,(H2,14,16). The number of nitrogens with two attached hydrogens (primary N) is 1. The van der Waals surface area contributed by atoms with Gasteiger partial charge < -0.3 is 11.1 Å². The Hall–Kier alpha value is -1.00. The molecule has 1 aliphatic rings. The average Bonchev–Trinajstić information content (AvgIpc) is 2.73. The summed E-state index contributed by atoms with van der Waals surface area (Å²) in [4.78, 5) is 11.1. The van der Waals surface area contributed by atoms with Gasteiger partial charge in [-0.3, -0.25) is 4.79 Å². The number of amides is 1. The van der Waals surface area contributed by atoms with Gasteiger partial charge in [-0.05, 0) is 24.1 Å². The second kappa shape index (κ2) is 5.56. The lowest BCUT2D eigenvalue weighted by atomic mass is 10.1. The zero-order chi connectivity index (χ0) is 12.3. The molecule has 0 bridgehead atoms. The summed E-state index contributed by atoms with van der Waals surface area (Å²) in [7, 11) is 0. The van der Waals surface area contributed by atoms with E-state index in [0.29, 0.717) is 11.6 Å². The summed E-state index contributed by atoms with van der Waals surface area (Å²) in [5.74, 6) is 0.813. The highest BCUT2D eigenvalue weighted by Gasteiger charge is 2.20. The van der Waals surface area contributed by atoms with Crippen LogP contribution in [0.5, 0.6) is 0 Å². The van der Waals surface area contributed by atoms with Crippen molar-refractivity contribution in [3.05, 3.63) is 35.4 Å². The van der Waals surface area contributed by atoms with Gasteiger partial charge in [-0.1, -0.05) is 19.1 Å². The molecule has 1 heterocycles. The number of carbonyl (C=O) groups excluding carboxylic acids is 1. The number of nitrogens with one attached hydrogen (secondary N) is 1. The maximum atomic E-state index is 11.1. The Morgan fingerprint density at radius 3 is 3.06 bits per heavy atom. The van der Waals surface area contributed by atoms with Gasteiger partial charge in [0.05, 0.1) is 0 Å². The number of hydrogen-bond donors (Lipinski definition) is 2. The van der Waals surface area contributed by atoms with Crippen LogP contribution in [0.1, 0.15) is 29.3 Å². The molecule has 1 saturated heterocycles. The van der Waals surface area contributed by atoms with Crippen molar-refractivity contribution in [1.29, 1.82) is 0 Å². The van der Waals surface area contributed by atoms with Gasteiger partial charge >= 0.3 is 0 Å². The Morgan fingerprint density at radius 1 is 1.59 bits per heavy atom. The van der Waals surface area contributed by atoms with Gasteiger partial charge in [0.1, 0.15) is 0 Å². The Morgan fingerprint density at radius 2 is 2.41 bits per heavy atom. The maximum absolute atomic E-state index is 11.1. The highest BCUT2D eigenvalue weighted by molar-refractivity contribution is 8.00. The summed E-state index contributed by atoms with van der Waals surface area (Å²) >= 11 is 2.01. The molecule has 2 unspecified atom stereocenters. The Kier molecular flexibility index (Phi) is 4.07. The molecule has 3 N–H and O–H groups in total. The van der Waals surface area contributed by atoms with Crippen molar-refractivity contribution < 1.29 is 4.79 Å². The minimum atomic E-state index is -0.364. The van der Waals surface area contributed by atoms with Crippen LogP contribution in [0.25, 0.3) is 0 Å². The summed E-state index contributed by atoms with van der Waals surface area (Å²) in [6, 6.07) is 8.10. The minimum absolute atomic E-state index is 0.364. The second-order valence-corrected chi connectivity index (χ2v) is 5.99. The van der Waals surface area contributed by atoms with E-state index in [1.165, 1.54) is 12.2 Å². The highest BCUT2D eigenvalue weighted by atomic mass is 32.2. The van der Waals surface area contributed by atoms with Gasteiger partial charge in [0.15, 0.2) is 0 Å². The lowest BCUT2D eigenvalue weighted by Gasteiger charge is -2.11. The van der Waals surface area contributed by atoms with E-state index in [9.17, 15) is 4.79 Å². The fraction of sp³-hybridized carbons (Fsp3) is 0.462. The smallest absolute Gasteiger partial charge is 0.248 e. The molecule has 2 atom stereocenters. The number of thioether (sulfide) groups is 1. The zero-order valence-electron chi connectivity index (χ0n) is 9.98. The van der Waals surface area contributed by atoms with Crippen LogP contribution in [-0.2, 0) is 6.54 Å². The first kappa shape index (κ1) is 12.5. The average molecular weight is 250 g/mol. The molecule has 1 aliphatic heterocycles. The molecular weight excluding hydrogens is 232 g/mol. The first-order valence-corrected chi connectivity index (χ1v) is 6.94. The van der Waals surface area contributed by atoms with Crippen molar-refractivity contribution in [3.63, 3.8) is 0 Å². The first-order valence-electron chi connectivity index (χ1n) is 5.89. The number of benzene rings is 1. The quantitative estimate of drug-likeness (QED) is 0.856. The van der Waals surface area contributed by atoms with Crippen LogP contribution in [0.3, 0.4) is 0 Å². The maximum Gasteiger partial charge on any atom is 0.248 e. The van der Waals surface area contributed by atoms with E-state index >= 15 is 0 Å². The van der Waals surface area contributed by atoms with Crippen LogP contribution in [0.2, 0.25) is 0 Å². The van der Waals surface area contributed by atoms with Crippen LogP contribution in [0.4, 0.5) is 0 Å². The van der Waals surface area contributed by atoms with Crippen LogP contribution in [0.15, 0.2) is 24.3 Å². The molecule has 0 radical (unpaired) electrons. The SMILES string of the molecule is CC1CC(NCc2cccc(C(N)=O)c2)CS1. The summed E-state index contributed by atoms with van der Waals surface area (Å²) in [6.45, 7) is 3.07. The summed E-state index contributed by atoms with van der Waals surface area (Å²) < 4.78 is 0. The molecule has 1 aromatic rings. The van der Waals surface area contributed by atoms with E-state index in [4.69, 9.17) is 5.73 Å². The number of carbonyl (C=O) groups is 1. The molecule has 3 nitrogen and oxygen atoms in total. The minimum Gasteiger partial charge on any atom is -0.366 e. The van der Waals surface area contributed by atoms with Gasteiger partial charge in [-0.15, -0.1) is 0 Å². The molecule has 0 aromatic heterocycles. The normalized spacial score (nSPS) is 23.8. The lowest BCUT2D eigenvalue weighted by molar-refractivity contribution is 0.1000. The largest absolute Gasteiger partial charge is 0.366 e. The molecular formula is C13H18N2OS. The highest BCUT2D eigenvalue weighted by Crippen LogP contribution is 2.26. The number of primary amides is 1. The third kappa shape index (κ3) is 3.48. The molecule has 4 heteroatoms. The Labute approximate surface area is 106 Å². The fourth-order valence-electron chi connectivity index (χ4n) is 2.06. The Balaban J connectivity index is 1.90. The van der Waals surface area contributed by atoms with E-state index in [1.807, 2.05) is 30.0 Å². The lowest BCUT2D eigenvalue weighted by Crippen LogP contribution is -2.28. The van der Waals surface area contributed by atoms with Gasteiger partial charge in [-0.2, -0.15) is 11.8 Å². The monoisotopic (exact) mass is 250 g/mol. The third-order valence-electron chi connectivity index (χ3n) is 3.00. The summed E-state index contributed by atoms with van der Waals surface area (Å²) in [5.41, 5.74) is 6.95. The fourth-order valence-corrected chi connectivity index (χ4v) is 3.24. The molecule has 1 aromatic carbocycles. The van der Waals surface area contributed by atoms with Crippen LogP contribution in [0, 0.1) is 0 Å². The number of rotatable bonds is 4. The van der Waals surface area contributed by atoms with E-state index < -0.39 is 0 Å². The molecule has 2 rings (SSSR count). The molecule has 0 spiro atoms. The van der Waals surface area contributed by atoms with Crippen molar-refractivity contribution in [2.75, 3.05) is 5.75 Å². The van der Waals surface area contributed by atoms with E-state index in [1.54, 1.807) is 6.07 Å². The molecule has 17 heavy (non-hydrogen) atoms. The van der Waals surface area contributed by atoms with Gasteiger partial charge in [0.2, 0.25) is 5.91 Å². The van der Waals surface area contributed by atoms with Crippen molar-refractivity contribution >= 4 is 17.7 Å². The van der Waals surface area contributed by atoms with Crippen molar-refractivity contribution in [2.24, 2.45) is 5.73 Å². The Bertz CT molecular complexity index is 408. The predicted molar refractivity (Wildman–Crippen MR) is 72.1 cm³/mol. The van der Waals surface area contributed by atoms with Crippen LogP contribution < -0.4 is 11.1 Å². The molecule has 1 fully saturated rings. The van der Waals surface area contributed by atoms with Crippen LogP contribution >= 0.6 is 11.8 Å². The topological polar surface area (TPSA) is 55.1 Å². The number of hydrogen-bond acceptors (Lipinski definition) is 3. The second-order valence-electron chi connectivity index (χ2n) is 4.52. The van der Waals surface area contributed by atoms with E-state index in [0.717, 1.165) is 17.4 Å². The zero-order valence-corrected chi connectivity index (χ0v) is 10.8. The van der Waals surface area contributed by atoms with E-state index in [-0.39, 0.29) is 5.91 Å². The molecule has 1 amide bonds. The predicted octanol–water partition coefficient (Wildman–Crippen LogP) is 1.77. The van der Waals surface area contributed by atoms with E-state index in [2.05, 4.69) is 12.2 Å². The van der Waals surface area contributed by atoms with Gasteiger partial charge in [0, 0.05) is 29.2 Å². The summed E-state index contributed by atoms with van der Waals surface area (Å²) in [6.07, 6.45) is 1.22. The van der Waals surface area contributed by atoms with Crippen molar-refractivity contribution in [1.82, 2.24) is 5.32 Å². The molecule has 0 saturated carbocycles. The van der Waals surface area contributed by atoms with Crippen molar-refractivity contribution in [2.45, 2.75) is 31.2 Å². The van der Waals surface area contributed by atoms with Crippen molar-refractivity contribution in [3.8, 4) is 0 Å². The van der Waals surface area contributed by atoms with Gasteiger partial charge in [0.25, 0.3) is 0 Å². The molecule has 0 aliphatic carbocycles. The molecule has 92 valence electrons. The summed E-state index contributed by atoms with van der Waals surface area (Å²) in [5, 5.41) is 4.28. The van der Waals surface area contributed by atoms with Gasteiger partial charge in [-0.25, -0.2) is 0 Å².